The zero-order valence-corrected chi connectivity index (χ0v) is 18.3. The maximum absolute atomic E-state index is 13.2. The monoisotopic (exact) mass is 429 g/mol. The fourth-order valence-corrected chi connectivity index (χ4v) is 4.06. The van der Waals surface area contributed by atoms with Gasteiger partial charge in [-0.05, 0) is 43.7 Å². The van der Waals surface area contributed by atoms with Crippen LogP contribution in [0.4, 0.5) is 0 Å². The summed E-state index contributed by atoms with van der Waals surface area (Å²) in [4.78, 5) is 30.4. The molecule has 0 aliphatic heterocycles. The van der Waals surface area contributed by atoms with Crippen molar-refractivity contribution in [2.45, 2.75) is 25.5 Å². The molecule has 0 bridgehead atoms. The van der Waals surface area contributed by atoms with Crippen LogP contribution in [0.5, 0.6) is 0 Å². The highest BCUT2D eigenvalue weighted by Gasteiger charge is 2.14. The van der Waals surface area contributed by atoms with Crippen molar-refractivity contribution in [1.29, 1.82) is 0 Å². The molecule has 0 atom stereocenters. The van der Waals surface area contributed by atoms with Crippen molar-refractivity contribution >= 4 is 28.6 Å². The van der Waals surface area contributed by atoms with Crippen LogP contribution in [0.25, 0.3) is 16.6 Å². The van der Waals surface area contributed by atoms with Crippen molar-refractivity contribution < 1.29 is 4.79 Å². The van der Waals surface area contributed by atoms with Gasteiger partial charge in [-0.2, -0.15) is 0 Å². The normalized spacial score (nSPS) is 10.9. The number of nitrogens with one attached hydrogen (secondary N) is 1. The molecule has 3 aromatic carbocycles. The van der Waals surface area contributed by atoms with Crippen LogP contribution in [-0.2, 0) is 11.3 Å². The number of fused-ring (bicyclic) bond motifs is 1. The van der Waals surface area contributed by atoms with Crippen LogP contribution >= 0.6 is 11.8 Å². The summed E-state index contributed by atoms with van der Waals surface area (Å²) in [5.74, 6) is 0.0612. The predicted octanol–water partition coefficient (Wildman–Crippen LogP) is 4.41. The zero-order chi connectivity index (χ0) is 21.8. The number of hydrogen-bond acceptors (Lipinski definition) is 4. The highest BCUT2D eigenvalue weighted by atomic mass is 32.2. The van der Waals surface area contributed by atoms with E-state index in [1.807, 2.05) is 80.6 Å². The largest absolute Gasteiger partial charge is 0.351 e. The Labute approximate surface area is 185 Å². The molecule has 0 unspecified atom stereocenters. The van der Waals surface area contributed by atoms with Gasteiger partial charge in [-0.1, -0.05) is 71.4 Å². The van der Waals surface area contributed by atoms with E-state index in [1.165, 1.54) is 17.3 Å². The van der Waals surface area contributed by atoms with E-state index in [1.54, 1.807) is 10.6 Å². The maximum atomic E-state index is 13.2. The predicted molar refractivity (Wildman–Crippen MR) is 126 cm³/mol. The van der Waals surface area contributed by atoms with Gasteiger partial charge < -0.3 is 5.32 Å². The zero-order valence-electron chi connectivity index (χ0n) is 17.5. The molecule has 0 aliphatic carbocycles. The Hall–Kier alpha value is -3.38. The van der Waals surface area contributed by atoms with Crippen LogP contribution < -0.4 is 10.9 Å². The second-order valence-corrected chi connectivity index (χ2v) is 8.38. The Kier molecular flexibility index (Phi) is 6.18. The highest BCUT2D eigenvalue weighted by molar-refractivity contribution is 7.99. The third-order valence-electron chi connectivity index (χ3n) is 4.98. The average Bonchev–Trinajstić information content (AvgIpc) is 2.78. The van der Waals surface area contributed by atoms with Gasteiger partial charge >= 0.3 is 0 Å². The fraction of sp³-hybridized carbons (Fsp3) is 0.160. The van der Waals surface area contributed by atoms with Gasteiger partial charge in [0.25, 0.3) is 5.56 Å². The van der Waals surface area contributed by atoms with Crippen molar-refractivity contribution in [1.82, 2.24) is 14.9 Å². The quantitative estimate of drug-likeness (QED) is 0.364. The van der Waals surface area contributed by atoms with E-state index in [-0.39, 0.29) is 17.2 Å². The molecule has 5 nitrogen and oxygen atoms in total. The van der Waals surface area contributed by atoms with Gasteiger partial charge in [0, 0.05) is 6.54 Å². The number of nitrogens with zero attached hydrogens (tertiary/aromatic N) is 2. The summed E-state index contributed by atoms with van der Waals surface area (Å²) in [5.41, 5.74) is 4.55. The van der Waals surface area contributed by atoms with Gasteiger partial charge in [0.05, 0.1) is 22.3 Å². The SMILES string of the molecule is Cc1ccc(CNC(=O)CSc2nc3ccccc3c(=O)n2-c2ccc(C)cc2)cc1. The Morgan fingerprint density at radius 2 is 1.58 bits per heavy atom. The van der Waals surface area contributed by atoms with Crippen LogP contribution in [-0.4, -0.2) is 21.2 Å². The van der Waals surface area contributed by atoms with E-state index >= 15 is 0 Å². The van der Waals surface area contributed by atoms with Crippen LogP contribution in [0, 0.1) is 13.8 Å². The molecule has 4 rings (SSSR count). The number of aromatic nitrogens is 2. The van der Waals surface area contributed by atoms with Crippen molar-refractivity contribution in [2.24, 2.45) is 0 Å². The fourth-order valence-electron chi connectivity index (χ4n) is 3.22. The molecule has 1 amide bonds. The molecule has 0 saturated carbocycles. The lowest BCUT2D eigenvalue weighted by molar-refractivity contribution is -0.118. The molecule has 1 aromatic heterocycles. The van der Waals surface area contributed by atoms with Gasteiger partial charge in [0.1, 0.15) is 0 Å². The average molecular weight is 430 g/mol. The van der Waals surface area contributed by atoms with Crippen molar-refractivity contribution in [3.8, 4) is 5.69 Å². The van der Waals surface area contributed by atoms with E-state index in [0.29, 0.717) is 22.6 Å². The molecule has 31 heavy (non-hydrogen) atoms. The van der Waals surface area contributed by atoms with E-state index < -0.39 is 0 Å². The first-order valence-corrected chi connectivity index (χ1v) is 11.0. The molecule has 1 heterocycles. The Morgan fingerprint density at radius 1 is 0.935 bits per heavy atom. The van der Waals surface area contributed by atoms with E-state index in [4.69, 9.17) is 0 Å². The summed E-state index contributed by atoms with van der Waals surface area (Å²) in [5, 5.41) is 3.98. The molecule has 0 spiro atoms. The molecule has 0 aliphatic rings. The topological polar surface area (TPSA) is 64.0 Å². The number of aryl methyl sites for hydroxylation is 2. The number of rotatable bonds is 6. The number of hydrogen-bond donors (Lipinski definition) is 1. The van der Waals surface area contributed by atoms with E-state index in [2.05, 4.69) is 10.3 Å². The lowest BCUT2D eigenvalue weighted by Crippen LogP contribution is -2.26. The van der Waals surface area contributed by atoms with Crippen LogP contribution in [0.15, 0.2) is 82.7 Å². The van der Waals surface area contributed by atoms with E-state index in [0.717, 1.165) is 16.8 Å². The number of benzene rings is 3. The summed E-state index contributed by atoms with van der Waals surface area (Å²) in [6.45, 7) is 4.50. The lowest BCUT2D eigenvalue weighted by atomic mass is 10.1. The minimum atomic E-state index is -0.142. The van der Waals surface area contributed by atoms with Crippen LogP contribution in [0.2, 0.25) is 0 Å². The summed E-state index contributed by atoms with van der Waals surface area (Å²) >= 11 is 1.26. The lowest BCUT2D eigenvalue weighted by Gasteiger charge is -2.13. The summed E-state index contributed by atoms with van der Waals surface area (Å²) in [6, 6.07) is 23.0. The summed E-state index contributed by atoms with van der Waals surface area (Å²) in [7, 11) is 0. The Morgan fingerprint density at radius 3 is 2.29 bits per heavy atom. The molecular formula is C25H23N3O2S. The first-order chi connectivity index (χ1) is 15.0. The van der Waals surface area contributed by atoms with Gasteiger partial charge in [-0.15, -0.1) is 0 Å². The number of carbonyl (C=O) groups excluding carboxylic acids is 1. The third kappa shape index (κ3) is 4.86. The second kappa shape index (κ2) is 9.18. The van der Waals surface area contributed by atoms with Crippen LogP contribution in [0.1, 0.15) is 16.7 Å². The van der Waals surface area contributed by atoms with Gasteiger partial charge in [-0.3, -0.25) is 14.2 Å². The second-order valence-electron chi connectivity index (χ2n) is 7.44. The minimum Gasteiger partial charge on any atom is -0.351 e. The van der Waals surface area contributed by atoms with Gasteiger partial charge in [0.15, 0.2) is 5.16 Å². The van der Waals surface area contributed by atoms with Crippen molar-refractivity contribution in [3.63, 3.8) is 0 Å². The highest BCUT2D eigenvalue weighted by Crippen LogP contribution is 2.21. The number of thioether (sulfide) groups is 1. The van der Waals surface area contributed by atoms with Crippen LogP contribution in [0.3, 0.4) is 0 Å². The Balaban J connectivity index is 1.58. The standard InChI is InChI=1S/C25H23N3O2S/c1-17-7-11-19(12-8-17)15-26-23(29)16-31-25-27-22-6-4-3-5-21(22)24(30)28(25)20-13-9-18(2)10-14-20/h3-14H,15-16H2,1-2H3,(H,26,29). The first-order valence-electron chi connectivity index (χ1n) is 10.0. The first kappa shape index (κ1) is 20.9. The molecule has 0 saturated heterocycles. The molecular weight excluding hydrogens is 406 g/mol. The molecule has 156 valence electrons. The molecule has 6 heteroatoms. The summed E-state index contributed by atoms with van der Waals surface area (Å²) in [6.07, 6.45) is 0. The number of amides is 1. The number of para-hydroxylation sites is 1. The summed E-state index contributed by atoms with van der Waals surface area (Å²) < 4.78 is 1.58. The smallest absolute Gasteiger partial charge is 0.266 e. The molecule has 1 N–H and O–H groups in total. The molecule has 0 radical (unpaired) electrons. The van der Waals surface area contributed by atoms with Crippen molar-refractivity contribution in [2.75, 3.05) is 5.75 Å². The minimum absolute atomic E-state index is 0.108. The molecule has 4 aromatic rings. The van der Waals surface area contributed by atoms with Gasteiger partial charge in [0.2, 0.25) is 5.91 Å². The van der Waals surface area contributed by atoms with E-state index in [9.17, 15) is 9.59 Å². The maximum Gasteiger partial charge on any atom is 0.266 e. The molecule has 0 fully saturated rings. The third-order valence-corrected chi connectivity index (χ3v) is 5.92. The number of carbonyl (C=O) groups is 1. The van der Waals surface area contributed by atoms with Crippen molar-refractivity contribution in [3.05, 3.63) is 99.8 Å². The van der Waals surface area contributed by atoms with Gasteiger partial charge in [-0.25, -0.2) is 4.98 Å². The Bertz CT molecular complexity index is 1280.